The maximum Gasteiger partial charge on any atom is 0.339 e. The van der Waals surface area contributed by atoms with Gasteiger partial charge >= 0.3 is 5.97 Å². The van der Waals surface area contributed by atoms with E-state index in [1.165, 1.54) is 12.4 Å². The number of furan rings is 1. The van der Waals surface area contributed by atoms with Crippen LogP contribution in [0.1, 0.15) is 21.9 Å². The van der Waals surface area contributed by atoms with Gasteiger partial charge in [-0.25, -0.2) is 14.8 Å². The molecule has 0 unspecified atom stereocenters. The predicted molar refractivity (Wildman–Crippen MR) is 77.3 cm³/mol. The second-order valence-electron chi connectivity index (χ2n) is 4.58. The maximum absolute atomic E-state index is 11.0. The minimum absolute atomic E-state index is 0.180. The van der Waals surface area contributed by atoms with Crippen molar-refractivity contribution in [2.45, 2.75) is 13.5 Å². The molecule has 0 amide bonds. The Kier molecular flexibility index (Phi) is 3.27. The molecule has 3 rings (SSSR count). The molecule has 3 aromatic rings. The Morgan fingerprint density at radius 2 is 2.14 bits per heavy atom. The number of benzene rings is 1. The number of aryl methyl sites for hydroxylation is 1. The van der Waals surface area contributed by atoms with Crippen molar-refractivity contribution in [1.82, 2.24) is 9.97 Å². The summed E-state index contributed by atoms with van der Waals surface area (Å²) < 4.78 is 5.42. The van der Waals surface area contributed by atoms with E-state index in [0.717, 1.165) is 10.9 Å². The lowest BCUT2D eigenvalue weighted by atomic mass is 10.2. The van der Waals surface area contributed by atoms with Crippen LogP contribution in [0.25, 0.3) is 10.9 Å². The van der Waals surface area contributed by atoms with Gasteiger partial charge in [0.2, 0.25) is 0 Å². The highest BCUT2D eigenvalue weighted by molar-refractivity contribution is 5.89. The van der Waals surface area contributed by atoms with Crippen LogP contribution in [-0.4, -0.2) is 21.0 Å². The smallest absolute Gasteiger partial charge is 0.339 e. The predicted octanol–water partition coefficient (Wildman–Crippen LogP) is 2.84. The second-order valence-corrected chi connectivity index (χ2v) is 4.58. The molecule has 106 valence electrons. The first-order valence-electron chi connectivity index (χ1n) is 6.41. The number of hydrogen-bond acceptors (Lipinski definition) is 5. The normalized spacial score (nSPS) is 10.7. The third kappa shape index (κ3) is 2.55. The summed E-state index contributed by atoms with van der Waals surface area (Å²) in [6.07, 6.45) is 1.49. The second kappa shape index (κ2) is 5.24. The molecular weight excluding hydrogens is 270 g/mol. The summed E-state index contributed by atoms with van der Waals surface area (Å²) in [4.78, 5) is 19.4. The van der Waals surface area contributed by atoms with Crippen molar-refractivity contribution in [1.29, 1.82) is 0 Å². The van der Waals surface area contributed by atoms with E-state index in [2.05, 4.69) is 15.3 Å². The molecule has 0 radical (unpaired) electrons. The molecular formula is C15H13N3O3. The van der Waals surface area contributed by atoms with Gasteiger partial charge < -0.3 is 14.8 Å². The largest absolute Gasteiger partial charge is 0.478 e. The molecule has 1 aromatic carbocycles. The number of carboxylic acid groups (broad SMARTS) is 1. The summed E-state index contributed by atoms with van der Waals surface area (Å²) in [5.74, 6) is 0.640. The quantitative estimate of drug-likeness (QED) is 0.765. The van der Waals surface area contributed by atoms with Gasteiger partial charge in [-0.2, -0.15) is 0 Å². The number of fused-ring (bicyclic) bond motifs is 1. The number of carbonyl (C=O) groups is 1. The highest BCUT2D eigenvalue weighted by atomic mass is 16.4. The van der Waals surface area contributed by atoms with E-state index in [4.69, 9.17) is 9.52 Å². The molecule has 0 fully saturated rings. The van der Waals surface area contributed by atoms with E-state index >= 15 is 0 Å². The van der Waals surface area contributed by atoms with Gasteiger partial charge in [-0.3, -0.25) is 0 Å². The summed E-state index contributed by atoms with van der Waals surface area (Å²) >= 11 is 0. The van der Waals surface area contributed by atoms with Crippen molar-refractivity contribution in [3.05, 3.63) is 53.7 Å². The molecule has 21 heavy (non-hydrogen) atoms. The van der Waals surface area contributed by atoms with Gasteiger partial charge in [0, 0.05) is 5.39 Å². The third-order valence-electron chi connectivity index (χ3n) is 3.17. The minimum atomic E-state index is -0.991. The first-order valence-corrected chi connectivity index (χ1v) is 6.41. The minimum Gasteiger partial charge on any atom is -0.478 e. The van der Waals surface area contributed by atoms with Gasteiger partial charge in [-0.15, -0.1) is 0 Å². The molecule has 6 heteroatoms. The summed E-state index contributed by atoms with van der Waals surface area (Å²) in [6, 6.07) is 9.17. The standard InChI is InChI=1S/C15H13N3O3/c1-9-12(15(19)20)6-10(21-9)7-16-14-11-4-2-3-5-13(11)17-8-18-14/h2-6,8H,7H2,1H3,(H,19,20)(H,16,17,18). The summed E-state index contributed by atoms with van der Waals surface area (Å²) in [5, 5.41) is 13.1. The van der Waals surface area contributed by atoms with Crippen LogP contribution in [0.5, 0.6) is 0 Å². The lowest BCUT2D eigenvalue weighted by Crippen LogP contribution is -2.01. The van der Waals surface area contributed by atoms with Crippen molar-refractivity contribution in [3.8, 4) is 0 Å². The Bertz CT molecular complexity index is 806. The molecule has 0 bridgehead atoms. The zero-order valence-corrected chi connectivity index (χ0v) is 11.3. The molecule has 6 nitrogen and oxygen atoms in total. The van der Waals surface area contributed by atoms with E-state index in [9.17, 15) is 4.79 Å². The SMILES string of the molecule is Cc1oc(CNc2ncnc3ccccc23)cc1C(=O)O. The molecule has 0 atom stereocenters. The Morgan fingerprint density at radius 1 is 1.33 bits per heavy atom. The third-order valence-corrected chi connectivity index (χ3v) is 3.17. The van der Waals surface area contributed by atoms with Crippen LogP contribution in [0.4, 0.5) is 5.82 Å². The average Bonchev–Trinajstić information content (AvgIpc) is 2.86. The van der Waals surface area contributed by atoms with Crippen molar-refractivity contribution < 1.29 is 14.3 Å². The van der Waals surface area contributed by atoms with E-state index in [0.29, 0.717) is 23.9 Å². The Labute approximate surface area is 120 Å². The van der Waals surface area contributed by atoms with Crippen LogP contribution in [0.3, 0.4) is 0 Å². The number of hydrogen-bond donors (Lipinski definition) is 2. The molecule has 0 aliphatic heterocycles. The van der Waals surface area contributed by atoms with Gasteiger partial charge in [0.25, 0.3) is 0 Å². The summed E-state index contributed by atoms with van der Waals surface area (Å²) in [5.41, 5.74) is 1.02. The number of nitrogens with one attached hydrogen (secondary N) is 1. The zero-order valence-electron chi connectivity index (χ0n) is 11.3. The molecule has 2 aromatic heterocycles. The van der Waals surface area contributed by atoms with Crippen molar-refractivity contribution in [2.24, 2.45) is 0 Å². The number of anilines is 1. The highest BCUT2D eigenvalue weighted by Gasteiger charge is 2.13. The number of rotatable bonds is 4. The molecule has 0 saturated carbocycles. The van der Waals surface area contributed by atoms with Gasteiger partial charge in [0.15, 0.2) is 0 Å². The fourth-order valence-corrected chi connectivity index (χ4v) is 2.16. The van der Waals surface area contributed by atoms with Crippen LogP contribution in [0.15, 0.2) is 41.1 Å². The van der Waals surface area contributed by atoms with Crippen LogP contribution >= 0.6 is 0 Å². The highest BCUT2D eigenvalue weighted by Crippen LogP contribution is 2.20. The molecule has 2 heterocycles. The Balaban J connectivity index is 1.84. The van der Waals surface area contributed by atoms with Crippen LogP contribution < -0.4 is 5.32 Å². The fraction of sp³-hybridized carbons (Fsp3) is 0.133. The van der Waals surface area contributed by atoms with Crippen molar-refractivity contribution >= 4 is 22.7 Å². The topological polar surface area (TPSA) is 88.3 Å². The lowest BCUT2D eigenvalue weighted by Gasteiger charge is -2.06. The molecule has 0 spiro atoms. The monoisotopic (exact) mass is 283 g/mol. The summed E-state index contributed by atoms with van der Waals surface area (Å²) in [7, 11) is 0. The number of aromatic nitrogens is 2. The average molecular weight is 283 g/mol. The number of nitrogens with zero attached hydrogens (tertiary/aromatic N) is 2. The number of aromatic carboxylic acids is 1. The molecule has 2 N–H and O–H groups in total. The van der Waals surface area contributed by atoms with E-state index in [1.807, 2.05) is 24.3 Å². The van der Waals surface area contributed by atoms with Gasteiger partial charge in [0.05, 0.1) is 12.1 Å². The van der Waals surface area contributed by atoms with Gasteiger partial charge in [0.1, 0.15) is 29.2 Å². The van der Waals surface area contributed by atoms with Crippen LogP contribution in [0.2, 0.25) is 0 Å². The first kappa shape index (κ1) is 13.1. The van der Waals surface area contributed by atoms with Crippen LogP contribution in [-0.2, 0) is 6.54 Å². The molecule has 0 saturated heterocycles. The Hall–Kier alpha value is -2.89. The van der Waals surface area contributed by atoms with Crippen molar-refractivity contribution in [2.75, 3.05) is 5.32 Å². The first-order chi connectivity index (χ1) is 10.1. The summed E-state index contributed by atoms with van der Waals surface area (Å²) in [6.45, 7) is 1.99. The zero-order chi connectivity index (χ0) is 14.8. The molecule has 0 aliphatic rings. The van der Waals surface area contributed by atoms with Gasteiger partial charge in [-0.1, -0.05) is 12.1 Å². The number of carboxylic acids is 1. The van der Waals surface area contributed by atoms with Crippen molar-refractivity contribution in [3.63, 3.8) is 0 Å². The fourth-order valence-electron chi connectivity index (χ4n) is 2.16. The van der Waals surface area contributed by atoms with E-state index in [1.54, 1.807) is 6.92 Å². The molecule has 0 aliphatic carbocycles. The lowest BCUT2D eigenvalue weighted by molar-refractivity contribution is 0.0695. The van der Waals surface area contributed by atoms with Gasteiger partial charge in [-0.05, 0) is 25.1 Å². The maximum atomic E-state index is 11.0. The van der Waals surface area contributed by atoms with E-state index in [-0.39, 0.29) is 5.56 Å². The Morgan fingerprint density at radius 3 is 2.90 bits per heavy atom. The van der Waals surface area contributed by atoms with Crippen LogP contribution in [0, 0.1) is 6.92 Å². The number of para-hydroxylation sites is 1. The van der Waals surface area contributed by atoms with E-state index < -0.39 is 5.97 Å².